The predicted molar refractivity (Wildman–Crippen MR) is 43.6 cm³/mol. The first-order valence-corrected chi connectivity index (χ1v) is 13.0. The average Bonchev–Trinajstić information content (AvgIpc) is 1.65. The zero-order valence-electron chi connectivity index (χ0n) is 4.69. The summed E-state index contributed by atoms with van der Waals surface area (Å²) in [6.45, 7) is 0.867. The molecule has 1 unspecified atom stereocenters. The lowest BCUT2D eigenvalue weighted by atomic mass is 10.9. The molecule has 1 saturated heterocycles. The molecule has 1 aliphatic rings. The summed E-state index contributed by atoms with van der Waals surface area (Å²) in [6.07, 6.45) is 0. The van der Waals surface area contributed by atoms with Gasteiger partial charge in [-0.25, -0.2) is 0 Å². The van der Waals surface area contributed by atoms with E-state index in [0.29, 0.717) is 0 Å². The molecule has 0 aromatic heterocycles. The van der Waals surface area contributed by atoms with Crippen LogP contribution in [0.3, 0.4) is 0 Å². The third-order valence-electron chi connectivity index (χ3n) is 1.32. The minimum absolute atomic E-state index is 0.0648. The summed E-state index contributed by atoms with van der Waals surface area (Å²) in [5.74, 6) is 0. The maximum Gasteiger partial charge on any atom is 0.205 e. The van der Waals surface area contributed by atoms with Gasteiger partial charge in [0.25, 0.3) is 0 Å². The molecule has 1 atom stereocenters. The van der Waals surface area contributed by atoms with Gasteiger partial charge in [0.1, 0.15) is 9.28 Å². The summed E-state index contributed by atoms with van der Waals surface area (Å²) in [6, 6.07) is 1.01. The van der Waals surface area contributed by atoms with E-state index >= 15 is 0 Å². The van der Waals surface area contributed by atoms with Crippen LogP contribution < -0.4 is 5.40 Å². The highest BCUT2D eigenvalue weighted by atomic mass is 35.6. The molecule has 1 rings (SSSR count). The highest BCUT2D eigenvalue weighted by Crippen LogP contribution is 2.08. The van der Waals surface area contributed by atoms with Crippen LogP contribution in [0.15, 0.2) is 0 Å². The Kier molecular flexibility index (Phi) is 2.29. The second-order valence-electron chi connectivity index (χ2n) is 2.15. The van der Waals surface area contributed by atoms with Crippen LogP contribution in [0.5, 0.6) is 0 Å². The Morgan fingerprint density at radius 2 is 2.50 bits per heavy atom. The maximum atomic E-state index is 6.01. The number of nitrogens with two attached hydrogens (primary N) is 1. The van der Waals surface area contributed by atoms with Crippen molar-refractivity contribution in [2.24, 2.45) is 5.40 Å². The van der Waals surface area contributed by atoms with Crippen LogP contribution in [-0.4, -0.2) is 31.5 Å². The van der Waals surface area contributed by atoms with Crippen LogP contribution in [0.4, 0.5) is 0 Å². The Balaban J connectivity index is 2.33. The van der Waals surface area contributed by atoms with Crippen molar-refractivity contribution in [2.45, 2.75) is 6.04 Å². The Morgan fingerprint density at radius 3 is 2.75 bits per heavy atom. The topological polar surface area (TPSA) is 35.2 Å². The summed E-state index contributed by atoms with van der Waals surface area (Å²) in [5, 5.41) is 5.80. The van der Waals surface area contributed by atoms with E-state index in [9.17, 15) is 0 Å². The molecule has 0 aliphatic carbocycles. The highest BCUT2D eigenvalue weighted by Gasteiger charge is 2.28. The van der Waals surface area contributed by atoms with Crippen LogP contribution in [0.25, 0.3) is 0 Å². The molecule has 1 aliphatic heterocycles. The molecular formula is C2H10ClNOSi3. The van der Waals surface area contributed by atoms with Gasteiger partial charge >= 0.3 is 0 Å². The van der Waals surface area contributed by atoms with Crippen molar-refractivity contribution >= 4 is 36.0 Å². The highest BCUT2D eigenvalue weighted by molar-refractivity contribution is 7.57. The second kappa shape index (κ2) is 2.63. The monoisotopic (exact) mass is 183 g/mol. The molecule has 2 N–H and O–H groups in total. The molecule has 0 radical (unpaired) electrons. The first kappa shape index (κ1) is 6.97. The number of hydrogen-bond acceptors (Lipinski definition) is 2. The lowest BCUT2D eigenvalue weighted by Gasteiger charge is -2.22. The molecule has 0 amide bonds. The van der Waals surface area contributed by atoms with Gasteiger partial charge in [0.05, 0.1) is 8.55 Å². The van der Waals surface area contributed by atoms with Crippen molar-refractivity contribution in [1.82, 2.24) is 0 Å². The van der Waals surface area contributed by atoms with E-state index in [0.717, 1.165) is 12.7 Å². The quantitative estimate of drug-likeness (QED) is 0.360. The zero-order valence-corrected chi connectivity index (χ0v) is 9.28. The molecular weight excluding hydrogens is 174 g/mol. The van der Waals surface area contributed by atoms with E-state index in [4.69, 9.17) is 20.9 Å². The number of halogens is 1. The average molecular weight is 184 g/mol. The molecule has 48 valence electrons. The molecule has 6 heteroatoms. The number of hydrogen-bond donors (Lipinski definition) is 1. The minimum atomic E-state index is -1.54. The molecule has 1 heterocycles. The maximum absolute atomic E-state index is 6.01. The van der Waals surface area contributed by atoms with E-state index in [2.05, 4.69) is 0 Å². The van der Waals surface area contributed by atoms with Gasteiger partial charge in [0.2, 0.25) is 7.06 Å². The van der Waals surface area contributed by atoms with E-state index in [-0.39, 0.29) is 17.8 Å². The minimum Gasteiger partial charge on any atom is -0.428 e. The smallest absolute Gasteiger partial charge is 0.205 e. The van der Waals surface area contributed by atoms with Gasteiger partial charge in [-0.15, -0.1) is 0 Å². The Bertz CT molecular complexity index is 81.4. The Hall–Kier alpha value is 0.861. The van der Waals surface area contributed by atoms with Crippen LogP contribution in [0, 0.1) is 0 Å². The summed E-state index contributed by atoms with van der Waals surface area (Å²) >= 11 is 6.01. The SMILES string of the molecule is N[Si]1(Cl)CCO[SiH2][SiH2]1. The molecule has 0 aromatic carbocycles. The Labute approximate surface area is 58.9 Å². The van der Waals surface area contributed by atoms with E-state index in [1.807, 2.05) is 0 Å². The predicted octanol–water partition coefficient (Wildman–Crippen LogP) is -1.68. The molecule has 0 saturated carbocycles. The lowest BCUT2D eigenvalue weighted by Crippen LogP contribution is -2.53. The van der Waals surface area contributed by atoms with E-state index in [1.54, 1.807) is 0 Å². The summed E-state index contributed by atoms with van der Waals surface area (Å²) in [7, 11) is -1.76. The van der Waals surface area contributed by atoms with Crippen LogP contribution >= 0.6 is 11.1 Å². The van der Waals surface area contributed by atoms with Gasteiger partial charge in [-0.2, -0.15) is 11.1 Å². The molecule has 2 nitrogen and oxygen atoms in total. The van der Waals surface area contributed by atoms with Gasteiger partial charge in [-0.1, -0.05) is 0 Å². The van der Waals surface area contributed by atoms with Gasteiger partial charge in [-0.05, 0) is 6.04 Å². The first-order chi connectivity index (χ1) is 3.71. The third-order valence-corrected chi connectivity index (χ3v) is 24.0. The van der Waals surface area contributed by atoms with Crippen molar-refractivity contribution in [1.29, 1.82) is 0 Å². The molecule has 0 bridgehead atoms. The second-order valence-corrected chi connectivity index (χ2v) is 20.6. The first-order valence-electron chi connectivity index (χ1n) is 2.76. The van der Waals surface area contributed by atoms with Crippen molar-refractivity contribution in [3.05, 3.63) is 0 Å². The fraction of sp³-hybridized carbons (Fsp3) is 1.00. The van der Waals surface area contributed by atoms with Crippen molar-refractivity contribution in [3.63, 3.8) is 0 Å². The summed E-state index contributed by atoms with van der Waals surface area (Å²) < 4.78 is 5.28. The molecule has 8 heavy (non-hydrogen) atoms. The summed E-state index contributed by atoms with van der Waals surface area (Å²) in [4.78, 5) is 0. The molecule has 0 aromatic rings. The van der Waals surface area contributed by atoms with Gasteiger partial charge in [0, 0.05) is 6.61 Å². The fourth-order valence-corrected chi connectivity index (χ4v) is 14.7. The normalized spacial score (nSPS) is 45.8. The molecule has 0 spiro atoms. The standard InChI is InChI=1S/C2H10ClNOSi3/c3-8(4)2-1-5-6-7-8/h1-2,4,6-7H2. The van der Waals surface area contributed by atoms with Gasteiger partial charge in [-0.3, -0.25) is 0 Å². The zero-order chi connectivity index (χ0) is 6.04. The van der Waals surface area contributed by atoms with Crippen molar-refractivity contribution < 1.29 is 4.43 Å². The van der Waals surface area contributed by atoms with Crippen LogP contribution in [0.2, 0.25) is 6.04 Å². The van der Waals surface area contributed by atoms with Gasteiger partial charge < -0.3 is 9.83 Å². The van der Waals surface area contributed by atoms with Crippen LogP contribution in [-0.2, 0) is 4.43 Å². The van der Waals surface area contributed by atoms with Crippen molar-refractivity contribution in [2.75, 3.05) is 6.61 Å². The lowest BCUT2D eigenvalue weighted by molar-refractivity contribution is 0.366. The largest absolute Gasteiger partial charge is 0.428 e. The summed E-state index contributed by atoms with van der Waals surface area (Å²) in [5.41, 5.74) is 0. The number of rotatable bonds is 0. The molecule has 1 fully saturated rings. The Morgan fingerprint density at radius 1 is 1.75 bits per heavy atom. The van der Waals surface area contributed by atoms with E-state index < -0.39 is 7.06 Å². The fourth-order valence-electron chi connectivity index (χ4n) is 0.711. The van der Waals surface area contributed by atoms with Crippen LogP contribution in [0.1, 0.15) is 0 Å². The van der Waals surface area contributed by atoms with E-state index in [1.165, 1.54) is 0 Å². The third kappa shape index (κ3) is 2.00. The van der Waals surface area contributed by atoms with Gasteiger partial charge in [0.15, 0.2) is 0 Å². The van der Waals surface area contributed by atoms with Crippen molar-refractivity contribution in [3.8, 4) is 0 Å².